The van der Waals surface area contributed by atoms with Gasteiger partial charge in [0, 0.05) is 19.0 Å². The predicted octanol–water partition coefficient (Wildman–Crippen LogP) is 4.54. The van der Waals surface area contributed by atoms with E-state index in [2.05, 4.69) is 30.1 Å². The topological polar surface area (TPSA) is 23.5 Å². The van der Waals surface area contributed by atoms with Gasteiger partial charge in [-0.1, -0.05) is 29.8 Å². The maximum absolute atomic E-state index is 10.0. The van der Waals surface area contributed by atoms with Crippen LogP contribution in [-0.2, 0) is 19.3 Å². The van der Waals surface area contributed by atoms with E-state index in [0.29, 0.717) is 10.9 Å². The molecule has 1 unspecified atom stereocenters. The van der Waals surface area contributed by atoms with Crippen molar-refractivity contribution < 1.29 is 5.11 Å². The molecular weight excluding hydrogens is 318 g/mol. The van der Waals surface area contributed by atoms with Gasteiger partial charge in [-0.25, -0.2) is 0 Å². The highest BCUT2D eigenvalue weighted by atomic mass is 35.5. The highest BCUT2D eigenvalue weighted by Crippen LogP contribution is 2.37. The number of benzene rings is 2. The highest BCUT2D eigenvalue weighted by Gasteiger charge is 2.25. The van der Waals surface area contributed by atoms with Crippen LogP contribution >= 0.6 is 11.6 Å². The lowest BCUT2D eigenvalue weighted by Crippen LogP contribution is -2.24. The SMILES string of the molecule is CN1CCc2cc(O)c(Cl)cc2C(c2ccc3c(c2)CCCC3)C1. The first kappa shape index (κ1) is 16.0. The maximum Gasteiger partial charge on any atom is 0.134 e. The molecular formula is C21H24ClNO. The van der Waals surface area contributed by atoms with Gasteiger partial charge in [-0.15, -0.1) is 0 Å². The van der Waals surface area contributed by atoms with Gasteiger partial charge in [-0.3, -0.25) is 0 Å². The van der Waals surface area contributed by atoms with Crippen molar-refractivity contribution in [2.45, 2.75) is 38.0 Å². The van der Waals surface area contributed by atoms with Gasteiger partial charge in [0.2, 0.25) is 0 Å². The summed E-state index contributed by atoms with van der Waals surface area (Å²) >= 11 is 6.24. The number of halogens is 1. The van der Waals surface area contributed by atoms with E-state index in [-0.39, 0.29) is 5.75 Å². The van der Waals surface area contributed by atoms with Crippen LogP contribution in [0.5, 0.6) is 5.75 Å². The monoisotopic (exact) mass is 341 g/mol. The molecule has 2 aromatic carbocycles. The molecule has 1 aliphatic carbocycles. The van der Waals surface area contributed by atoms with Gasteiger partial charge in [0.05, 0.1) is 5.02 Å². The Morgan fingerprint density at radius 2 is 1.79 bits per heavy atom. The fraction of sp³-hybridized carbons (Fsp3) is 0.429. The first-order valence-electron chi connectivity index (χ1n) is 8.93. The van der Waals surface area contributed by atoms with E-state index in [9.17, 15) is 5.11 Å². The van der Waals surface area contributed by atoms with Crippen molar-refractivity contribution in [3.8, 4) is 5.75 Å². The summed E-state index contributed by atoms with van der Waals surface area (Å²) < 4.78 is 0. The van der Waals surface area contributed by atoms with Crippen LogP contribution in [0.3, 0.4) is 0 Å². The minimum Gasteiger partial charge on any atom is -0.506 e. The first-order chi connectivity index (χ1) is 11.6. The van der Waals surface area contributed by atoms with E-state index in [1.54, 1.807) is 0 Å². The van der Waals surface area contributed by atoms with E-state index in [4.69, 9.17) is 11.6 Å². The maximum atomic E-state index is 10.0. The van der Waals surface area contributed by atoms with Crippen molar-refractivity contribution in [1.29, 1.82) is 0 Å². The van der Waals surface area contributed by atoms with Gasteiger partial charge >= 0.3 is 0 Å². The standard InChI is InChI=1S/C21H24ClNO/c1-23-9-8-17-11-21(24)20(22)12-18(17)19(13-23)16-7-6-14-4-2-3-5-15(14)10-16/h6-7,10-12,19,24H,2-5,8-9,13H2,1H3. The van der Waals surface area contributed by atoms with Crippen LogP contribution < -0.4 is 0 Å². The third-order valence-electron chi connectivity index (χ3n) is 5.62. The van der Waals surface area contributed by atoms with Gasteiger partial charge in [0.15, 0.2) is 0 Å². The second kappa shape index (κ2) is 6.42. The number of aromatic hydroxyl groups is 1. The number of rotatable bonds is 1. The predicted molar refractivity (Wildman–Crippen MR) is 99.2 cm³/mol. The number of nitrogens with zero attached hydrogens (tertiary/aromatic N) is 1. The number of likely N-dealkylation sites (N-methyl/N-ethyl adjacent to an activating group) is 1. The molecule has 0 saturated heterocycles. The number of hydrogen-bond acceptors (Lipinski definition) is 2. The third kappa shape index (κ3) is 2.94. The molecule has 0 spiro atoms. The molecule has 2 aromatic rings. The van der Waals surface area contributed by atoms with Crippen molar-refractivity contribution in [2.24, 2.45) is 0 Å². The van der Waals surface area contributed by atoms with Crippen LogP contribution in [0, 0.1) is 0 Å². The molecule has 1 atom stereocenters. The quantitative estimate of drug-likeness (QED) is 0.822. The average molecular weight is 342 g/mol. The van der Waals surface area contributed by atoms with Crippen molar-refractivity contribution >= 4 is 11.6 Å². The smallest absolute Gasteiger partial charge is 0.134 e. The van der Waals surface area contributed by atoms with E-state index < -0.39 is 0 Å². The second-order valence-electron chi connectivity index (χ2n) is 7.30. The molecule has 1 N–H and O–H groups in total. The molecule has 0 saturated carbocycles. The molecule has 2 nitrogen and oxygen atoms in total. The average Bonchev–Trinajstić information content (AvgIpc) is 2.75. The molecule has 24 heavy (non-hydrogen) atoms. The Hall–Kier alpha value is -1.51. The minimum atomic E-state index is 0.198. The minimum absolute atomic E-state index is 0.198. The van der Waals surface area contributed by atoms with E-state index in [1.807, 2.05) is 12.1 Å². The van der Waals surface area contributed by atoms with Crippen molar-refractivity contribution in [1.82, 2.24) is 4.90 Å². The summed E-state index contributed by atoms with van der Waals surface area (Å²) in [6.45, 7) is 2.00. The largest absolute Gasteiger partial charge is 0.506 e. The zero-order valence-corrected chi connectivity index (χ0v) is 14.9. The van der Waals surface area contributed by atoms with Gasteiger partial charge in [0.1, 0.15) is 5.75 Å². The molecule has 0 amide bonds. The number of fused-ring (bicyclic) bond motifs is 2. The van der Waals surface area contributed by atoms with Crippen LogP contribution in [0.25, 0.3) is 0 Å². The zero-order valence-electron chi connectivity index (χ0n) is 14.2. The Labute approximate surface area is 149 Å². The Morgan fingerprint density at radius 3 is 2.62 bits per heavy atom. The fourth-order valence-electron chi connectivity index (χ4n) is 4.23. The Morgan fingerprint density at radius 1 is 1.00 bits per heavy atom. The van der Waals surface area contributed by atoms with Crippen LogP contribution in [0.15, 0.2) is 30.3 Å². The summed E-state index contributed by atoms with van der Waals surface area (Å²) in [4.78, 5) is 2.38. The Kier molecular flexibility index (Phi) is 4.28. The Balaban J connectivity index is 1.80. The molecule has 1 heterocycles. The van der Waals surface area contributed by atoms with E-state index in [1.165, 1.54) is 53.5 Å². The van der Waals surface area contributed by atoms with Crippen LogP contribution in [0.4, 0.5) is 0 Å². The highest BCUT2D eigenvalue weighted by molar-refractivity contribution is 6.32. The molecule has 4 rings (SSSR count). The molecule has 2 aliphatic rings. The summed E-state index contributed by atoms with van der Waals surface area (Å²) in [7, 11) is 2.18. The summed E-state index contributed by atoms with van der Waals surface area (Å²) in [5, 5.41) is 10.5. The molecule has 126 valence electrons. The molecule has 3 heteroatoms. The summed E-state index contributed by atoms with van der Waals surface area (Å²) in [6, 6.07) is 10.9. The second-order valence-corrected chi connectivity index (χ2v) is 7.71. The number of aryl methyl sites for hydroxylation is 2. The van der Waals surface area contributed by atoms with Gasteiger partial charge in [-0.05, 0) is 79.1 Å². The van der Waals surface area contributed by atoms with Gasteiger partial charge in [0.25, 0.3) is 0 Å². The number of hydrogen-bond donors (Lipinski definition) is 1. The normalized spacial score (nSPS) is 21.0. The number of phenols is 1. The molecule has 0 fully saturated rings. The summed E-state index contributed by atoms with van der Waals surface area (Å²) in [5.41, 5.74) is 6.93. The lowest BCUT2D eigenvalue weighted by atomic mass is 9.83. The number of phenolic OH excluding ortho intramolecular Hbond substituents is 1. The van der Waals surface area contributed by atoms with E-state index in [0.717, 1.165) is 19.5 Å². The third-order valence-corrected chi connectivity index (χ3v) is 5.92. The van der Waals surface area contributed by atoms with Crippen LogP contribution in [-0.4, -0.2) is 30.1 Å². The van der Waals surface area contributed by atoms with E-state index >= 15 is 0 Å². The van der Waals surface area contributed by atoms with Crippen LogP contribution in [0.1, 0.15) is 46.6 Å². The molecule has 0 bridgehead atoms. The lowest BCUT2D eigenvalue weighted by Gasteiger charge is -2.24. The molecule has 0 radical (unpaired) electrons. The zero-order chi connectivity index (χ0) is 16.7. The fourth-order valence-corrected chi connectivity index (χ4v) is 4.40. The van der Waals surface area contributed by atoms with Crippen molar-refractivity contribution in [3.63, 3.8) is 0 Å². The van der Waals surface area contributed by atoms with Crippen molar-refractivity contribution in [2.75, 3.05) is 20.1 Å². The Bertz CT molecular complexity index is 771. The van der Waals surface area contributed by atoms with Crippen LogP contribution in [0.2, 0.25) is 5.02 Å². The van der Waals surface area contributed by atoms with Gasteiger partial charge in [-0.2, -0.15) is 0 Å². The molecule has 1 aliphatic heterocycles. The molecule has 0 aromatic heterocycles. The lowest BCUT2D eigenvalue weighted by molar-refractivity contribution is 0.338. The van der Waals surface area contributed by atoms with Crippen molar-refractivity contribution in [3.05, 3.63) is 63.2 Å². The first-order valence-corrected chi connectivity index (χ1v) is 9.31. The summed E-state index contributed by atoms with van der Waals surface area (Å²) in [5.74, 6) is 0.516. The summed E-state index contributed by atoms with van der Waals surface area (Å²) in [6.07, 6.45) is 6.00. The van der Waals surface area contributed by atoms with Gasteiger partial charge < -0.3 is 10.0 Å².